The average molecular weight is 304 g/mol. The lowest BCUT2D eigenvalue weighted by Gasteiger charge is -2.34. The second kappa shape index (κ2) is 5.32. The number of hydrogen-bond acceptors (Lipinski definition) is 5. The molecular formula is C15H16N2O5. The van der Waals surface area contributed by atoms with Crippen LogP contribution in [-0.4, -0.2) is 36.5 Å². The third-order valence-corrected chi connectivity index (χ3v) is 4.11. The molecule has 0 aromatic heterocycles. The van der Waals surface area contributed by atoms with Crippen molar-refractivity contribution in [3.05, 3.63) is 39.1 Å². The van der Waals surface area contributed by atoms with Crippen LogP contribution in [0.15, 0.2) is 17.8 Å². The lowest BCUT2D eigenvalue weighted by Crippen LogP contribution is -2.39. The summed E-state index contributed by atoms with van der Waals surface area (Å²) in [6, 6.07) is 3.55. The molecule has 0 N–H and O–H groups in total. The van der Waals surface area contributed by atoms with Gasteiger partial charge in [-0.1, -0.05) is 0 Å². The van der Waals surface area contributed by atoms with Crippen LogP contribution in [0.2, 0.25) is 0 Å². The van der Waals surface area contributed by atoms with Crippen LogP contribution in [0.1, 0.15) is 24.0 Å². The highest BCUT2D eigenvalue weighted by molar-refractivity contribution is 5.91. The molecule has 0 spiro atoms. The molecule has 1 aromatic rings. The van der Waals surface area contributed by atoms with E-state index in [1.165, 1.54) is 12.0 Å². The molecule has 0 saturated carbocycles. The van der Waals surface area contributed by atoms with E-state index in [1.54, 1.807) is 13.2 Å². The maximum absolute atomic E-state index is 12.1. The van der Waals surface area contributed by atoms with Crippen LogP contribution in [0.4, 0.5) is 0 Å². The topological polar surface area (TPSA) is 81.9 Å². The van der Waals surface area contributed by atoms with Gasteiger partial charge < -0.3 is 14.4 Å². The number of amides is 1. The van der Waals surface area contributed by atoms with Crippen LogP contribution in [0, 0.1) is 10.1 Å². The summed E-state index contributed by atoms with van der Waals surface area (Å²) in [5, 5.41) is 11.4. The van der Waals surface area contributed by atoms with Gasteiger partial charge in [0.25, 0.3) is 5.70 Å². The highest BCUT2D eigenvalue weighted by atomic mass is 16.6. The lowest BCUT2D eigenvalue weighted by molar-refractivity contribution is -0.428. The van der Waals surface area contributed by atoms with Crippen molar-refractivity contribution in [3.63, 3.8) is 0 Å². The van der Waals surface area contributed by atoms with Gasteiger partial charge in [0.15, 0.2) is 11.5 Å². The summed E-state index contributed by atoms with van der Waals surface area (Å²) in [7, 11) is 3.06. The number of hydrogen-bond donors (Lipinski definition) is 0. The Morgan fingerprint density at radius 1 is 1.14 bits per heavy atom. The molecule has 0 fully saturated rings. The van der Waals surface area contributed by atoms with Crippen molar-refractivity contribution in [2.24, 2.45) is 0 Å². The number of carbonyl (C=O) groups is 1. The monoisotopic (exact) mass is 304 g/mol. The van der Waals surface area contributed by atoms with Crippen LogP contribution < -0.4 is 9.47 Å². The zero-order valence-corrected chi connectivity index (χ0v) is 12.4. The quantitative estimate of drug-likeness (QED) is 0.628. The lowest BCUT2D eigenvalue weighted by atomic mass is 9.91. The van der Waals surface area contributed by atoms with E-state index in [2.05, 4.69) is 0 Å². The van der Waals surface area contributed by atoms with E-state index >= 15 is 0 Å². The number of fused-ring (bicyclic) bond motifs is 3. The molecule has 2 aliphatic heterocycles. The summed E-state index contributed by atoms with van der Waals surface area (Å²) < 4.78 is 10.6. The second-order valence-electron chi connectivity index (χ2n) is 5.21. The third kappa shape index (κ3) is 2.09. The fraction of sp³-hybridized carbons (Fsp3) is 0.400. The zero-order chi connectivity index (χ0) is 15.9. The summed E-state index contributed by atoms with van der Waals surface area (Å²) in [6.07, 6.45) is 0.976. The van der Waals surface area contributed by atoms with Gasteiger partial charge in [0.05, 0.1) is 19.1 Å². The maximum atomic E-state index is 12.1. The highest BCUT2D eigenvalue weighted by Crippen LogP contribution is 2.41. The Hall–Kier alpha value is -2.57. The van der Waals surface area contributed by atoms with E-state index in [-0.39, 0.29) is 29.4 Å². The number of methoxy groups -OCH3 is 2. The minimum absolute atomic E-state index is 0.0685. The minimum Gasteiger partial charge on any atom is -0.493 e. The zero-order valence-electron chi connectivity index (χ0n) is 12.4. The number of benzene rings is 1. The molecule has 116 valence electrons. The molecule has 7 heteroatoms. The first kappa shape index (κ1) is 14.4. The minimum atomic E-state index is -0.388. The summed E-state index contributed by atoms with van der Waals surface area (Å²) in [5.74, 6) is 1.01. The van der Waals surface area contributed by atoms with Gasteiger partial charge in [0, 0.05) is 24.9 Å². The van der Waals surface area contributed by atoms with Gasteiger partial charge in [-0.25, -0.2) is 0 Å². The molecule has 7 nitrogen and oxygen atoms in total. The maximum Gasteiger partial charge on any atom is 0.270 e. The van der Waals surface area contributed by atoms with E-state index in [1.807, 2.05) is 6.07 Å². The number of nitrogens with zero attached hydrogens (tertiary/aromatic N) is 2. The molecule has 3 rings (SSSR count). The third-order valence-electron chi connectivity index (χ3n) is 4.11. The Morgan fingerprint density at radius 2 is 1.82 bits per heavy atom. The van der Waals surface area contributed by atoms with Crippen molar-refractivity contribution >= 4 is 11.6 Å². The van der Waals surface area contributed by atoms with Crippen LogP contribution in [0.3, 0.4) is 0 Å². The first-order valence-corrected chi connectivity index (χ1v) is 7.00. The van der Waals surface area contributed by atoms with Crippen molar-refractivity contribution < 1.29 is 19.2 Å². The fourth-order valence-corrected chi connectivity index (χ4v) is 3.05. The van der Waals surface area contributed by atoms with Crippen molar-refractivity contribution in [1.82, 2.24) is 4.90 Å². The van der Waals surface area contributed by atoms with E-state index in [0.717, 1.165) is 5.56 Å². The molecule has 0 bridgehead atoms. The molecule has 0 unspecified atom stereocenters. The number of rotatable bonds is 3. The number of allylic oxidation sites excluding steroid dienone is 1. The van der Waals surface area contributed by atoms with E-state index in [9.17, 15) is 14.9 Å². The summed E-state index contributed by atoms with van der Waals surface area (Å²) in [5.41, 5.74) is 2.11. The Morgan fingerprint density at radius 3 is 2.45 bits per heavy atom. The largest absolute Gasteiger partial charge is 0.493 e. The first-order valence-electron chi connectivity index (χ1n) is 7.00. The Bertz CT molecular complexity index is 695. The SMILES string of the molecule is COc1cc2c(cc1OC)C1=C([N+](=O)[O-])CCC(=O)N1CC2. The fourth-order valence-electron chi connectivity index (χ4n) is 3.05. The predicted octanol–water partition coefficient (Wildman–Crippen LogP) is 1.83. The van der Waals surface area contributed by atoms with Gasteiger partial charge in [-0.2, -0.15) is 0 Å². The van der Waals surface area contributed by atoms with Crippen molar-refractivity contribution in [2.75, 3.05) is 20.8 Å². The molecule has 0 radical (unpaired) electrons. The van der Waals surface area contributed by atoms with Gasteiger partial charge in [-0.15, -0.1) is 0 Å². The molecule has 1 aromatic carbocycles. The standard InChI is InChI=1S/C15H16N2O5/c1-21-12-7-9-5-6-16-14(18)4-3-11(17(19)20)15(16)10(9)8-13(12)22-2/h7-8H,3-6H2,1-2H3. The van der Waals surface area contributed by atoms with E-state index < -0.39 is 0 Å². The van der Waals surface area contributed by atoms with Crippen molar-refractivity contribution in [2.45, 2.75) is 19.3 Å². The number of carbonyl (C=O) groups excluding carboxylic acids is 1. The molecule has 2 aliphatic rings. The molecule has 1 amide bonds. The Labute approximate surface area is 127 Å². The summed E-state index contributed by atoms with van der Waals surface area (Å²) >= 11 is 0. The number of ether oxygens (including phenoxy) is 2. The normalized spacial score (nSPS) is 17.0. The van der Waals surface area contributed by atoms with Crippen molar-refractivity contribution in [1.29, 1.82) is 0 Å². The van der Waals surface area contributed by atoms with E-state index in [0.29, 0.717) is 35.7 Å². The van der Waals surface area contributed by atoms with Crippen molar-refractivity contribution in [3.8, 4) is 11.5 Å². The van der Waals surface area contributed by atoms with Gasteiger partial charge in [-0.05, 0) is 24.1 Å². The van der Waals surface area contributed by atoms with Gasteiger partial charge in [-0.3, -0.25) is 14.9 Å². The van der Waals surface area contributed by atoms with Gasteiger partial charge >= 0.3 is 0 Å². The Kier molecular flexibility index (Phi) is 3.48. The highest BCUT2D eigenvalue weighted by Gasteiger charge is 2.38. The van der Waals surface area contributed by atoms with Gasteiger partial charge in [0.2, 0.25) is 5.91 Å². The van der Waals surface area contributed by atoms with Gasteiger partial charge in [0.1, 0.15) is 5.70 Å². The number of nitro groups is 1. The van der Waals surface area contributed by atoms with Crippen LogP contribution in [0.5, 0.6) is 11.5 Å². The molecule has 0 aliphatic carbocycles. The predicted molar refractivity (Wildman–Crippen MR) is 78.1 cm³/mol. The van der Waals surface area contributed by atoms with Crippen LogP contribution >= 0.6 is 0 Å². The first-order chi connectivity index (χ1) is 10.6. The van der Waals surface area contributed by atoms with Crippen LogP contribution in [-0.2, 0) is 11.2 Å². The molecule has 0 atom stereocenters. The van der Waals surface area contributed by atoms with Crippen LogP contribution in [0.25, 0.3) is 5.70 Å². The average Bonchev–Trinajstić information content (AvgIpc) is 2.53. The molecule has 2 heterocycles. The molecule has 0 saturated heterocycles. The summed E-state index contributed by atoms with van der Waals surface area (Å²) in [6.45, 7) is 0.452. The molecule has 22 heavy (non-hydrogen) atoms. The second-order valence-corrected chi connectivity index (χ2v) is 5.21. The smallest absolute Gasteiger partial charge is 0.270 e. The summed E-state index contributed by atoms with van der Waals surface area (Å²) in [4.78, 5) is 24.6. The Balaban J connectivity index is 2.24. The van der Waals surface area contributed by atoms with E-state index in [4.69, 9.17) is 9.47 Å². The molecular weight excluding hydrogens is 288 g/mol.